The molecule has 1 aromatic rings. The van der Waals surface area contributed by atoms with Crippen LogP contribution in [-0.4, -0.2) is 83.4 Å². The van der Waals surface area contributed by atoms with Gasteiger partial charge in [-0.3, -0.25) is 4.90 Å². The Morgan fingerprint density at radius 1 is 1.00 bits per heavy atom. The van der Waals surface area contributed by atoms with Crippen molar-refractivity contribution in [3.63, 3.8) is 0 Å². The topological polar surface area (TPSA) is 139 Å². The summed E-state index contributed by atoms with van der Waals surface area (Å²) < 4.78 is 20.6. The third-order valence-corrected chi connectivity index (χ3v) is 4.18. The number of carbonyl (C=O) groups excluding carboxylic acids is 4. The van der Waals surface area contributed by atoms with Crippen LogP contribution in [0.5, 0.6) is 0 Å². The van der Waals surface area contributed by atoms with Gasteiger partial charge in [0.1, 0.15) is 11.6 Å². The lowest BCUT2D eigenvalue weighted by Crippen LogP contribution is -2.43. The summed E-state index contributed by atoms with van der Waals surface area (Å²) in [4.78, 5) is 50.2. The Bertz CT molecular complexity index is 813. The van der Waals surface area contributed by atoms with Crippen molar-refractivity contribution in [2.24, 2.45) is 0 Å². The van der Waals surface area contributed by atoms with Crippen molar-refractivity contribution in [2.45, 2.75) is 44.9 Å². The van der Waals surface area contributed by atoms with E-state index in [2.05, 4.69) is 15.0 Å². The van der Waals surface area contributed by atoms with Crippen LogP contribution in [0, 0.1) is 0 Å². The molecule has 2 atom stereocenters. The zero-order chi connectivity index (χ0) is 21.9. The lowest BCUT2D eigenvalue weighted by Gasteiger charge is -2.27. The maximum Gasteiger partial charge on any atom is 0.411 e. The van der Waals surface area contributed by atoms with E-state index < -0.39 is 41.7 Å². The summed E-state index contributed by atoms with van der Waals surface area (Å²) in [5.74, 6) is -2.38. The molecule has 0 N–H and O–H groups in total. The van der Waals surface area contributed by atoms with Crippen LogP contribution in [0.2, 0.25) is 0 Å². The van der Waals surface area contributed by atoms with Gasteiger partial charge in [0.25, 0.3) is 0 Å². The standard InChI is InChI=1S/C17H24N4O8/c1-17(2,3)29-16(25)20-8-9(7-10(20)13(22)26-4)21-12(15(24)28-6)11(18-19-21)14(23)27-5/h9-10H,7-8H2,1-6H3/t9-,10+/m1/s1. The Hall–Kier alpha value is -3.18. The Labute approximate surface area is 167 Å². The summed E-state index contributed by atoms with van der Waals surface area (Å²) in [6.07, 6.45) is -0.650. The minimum atomic E-state index is -0.962. The average Bonchev–Trinajstić information content (AvgIpc) is 3.29. The number of ether oxygens (including phenoxy) is 4. The van der Waals surface area contributed by atoms with Gasteiger partial charge in [-0.15, -0.1) is 5.10 Å². The number of hydrogen-bond acceptors (Lipinski definition) is 10. The normalized spacial score (nSPS) is 18.9. The van der Waals surface area contributed by atoms with E-state index in [9.17, 15) is 19.2 Å². The van der Waals surface area contributed by atoms with Crippen molar-refractivity contribution in [3.8, 4) is 0 Å². The molecule has 2 heterocycles. The number of rotatable bonds is 4. The van der Waals surface area contributed by atoms with Gasteiger partial charge < -0.3 is 18.9 Å². The minimum absolute atomic E-state index is 0.0252. The highest BCUT2D eigenvalue weighted by Crippen LogP contribution is 2.31. The lowest BCUT2D eigenvalue weighted by molar-refractivity contribution is -0.145. The van der Waals surface area contributed by atoms with Crippen molar-refractivity contribution in [2.75, 3.05) is 27.9 Å². The van der Waals surface area contributed by atoms with E-state index in [-0.39, 0.29) is 24.4 Å². The molecule has 160 valence electrons. The molecule has 0 radical (unpaired) electrons. The van der Waals surface area contributed by atoms with E-state index >= 15 is 0 Å². The van der Waals surface area contributed by atoms with Crippen LogP contribution in [0.25, 0.3) is 0 Å². The molecular weight excluding hydrogens is 388 g/mol. The predicted octanol–water partition coefficient (Wildman–Crippen LogP) is 0.575. The maximum atomic E-state index is 12.6. The number of methoxy groups -OCH3 is 3. The molecule has 12 nitrogen and oxygen atoms in total. The summed E-state index contributed by atoms with van der Waals surface area (Å²) in [5.41, 5.74) is -1.35. The van der Waals surface area contributed by atoms with Gasteiger partial charge in [-0.2, -0.15) is 0 Å². The summed E-state index contributed by atoms with van der Waals surface area (Å²) in [5, 5.41) is 7.56. The molecule has 1 aliphatic rings. The number of amides is 1. The Kier molecular flexibility index (Phi) is 6.44. The van der Waals surface area contributed by atoms with Crippen LogP contribution in [0.3, 0.4) is 0 Å². The molecule has 0 aliphatic carbocycles. The molecule has 29 heavy (non-hydrogen) atoms. The molecule has 1 aromatic heterocycles. The molecule has 1 aliphatic heterocycles. The van der Waals surface area contributed by atoms with Crippen LogP contribution in [0.15, 0.2) is 0 Å². The molecule has 1 saturated heterocycles. The van der Waals surface area contributed by atoms with Crippen molar-refractivity contribution in [1.29, 1.82) is 0 Å². The van der Waals surface area contributed by atoms with Gasteiger partial charge in [0.2, 0.25) is 5.69 Å². The van der Waals surface area contributed by atoms with Crippen molar-refractivity contribution >= 4 is 24.0 Å². The predicted molar refractivity (Wildman–Crippen MR) is 95.1 cm³/mol. The molecular formula is C17H24N4O8. The van der Waals surface area contributed by atoms with Crippen LogP contribution in [0.4, 0.5) is 4.79 Å². The van der Waals surface area contributed by atoms with Gasteiger partial charge >= 0.3 is 24.0 Å². The second-order valence-electron chi connectivity index (χ2n) is 7.28. The molecule has 0 spiro atoms. The first-order valence-corrected chi connectivity index (χ1v) is 8.73. The SMILES string of the molecule is COC(=O)c1nnn([C@@H]2C[C@@H](C(=O)OC)N(C(=O)OC(C)(C)C)C2)c1C(=O)OC. The number of carbonyl (C=O) groups is 4. The van der Waals surface area contributed by atoms with E-state index in [4.69, 9.17) is 14.2 Å². The lowest BCUT2D eigenvalue weighted by atomic mass is 10.1. The summed E-state index contributed by atoms with van der Waals surface area (Å²) in [6.45, 7) is 5.06. The molecule has 0 unspecified atom stereocenters. The molecule has 2 rings (SSSR count). The van der Waals surface area contributed by atoms with E-state index in [1.54, 1.807) is 20.8 Å². The van der Waals surface area contributed by atoms with Gasteiger partial charge in [-0.05, 0) is 20.8 Å². The van der Waals surface area contributed by atoms with Gasteiger partial charge in [-0.25, -0.2) is 23.9 Å². The van der Waals surface area contributed by atoms with Crippen LogP contribution < -0.4 is 0 Å². The molecule has 12 heteroatoms. The molecule has 0 bridgehead atoms. The highest BCUT2D eigenvalue weighted by Gasteiger charge is 2.45. The number of likely N-dealkylation sites (tertiary alicyclic amines) is 1. The van der Waals surface area contributed by atoms with Crippen molar-refractivity contribution in [1.82, 2.24) is 19.9 Å². The van der Waals surface area contributed by atoms with E-state index in [0.29, 0.717) is 0 Å². The molecule has 0 aromatic carbocycles. The van der Waals surface area contributed by atoms with Gasteiger partial charge in [0.15, 0.2) is 5.69 Å². The zero-order valence-electron chi connectivity index (χ0n) is 17.1. The van der Waals surface area contributed by atoms with Crippen molar-refractivity contribution in [3.05, 3.63) is 11.4 Å². The van der Waals surface area contributed by atoms with E-state index in [1.807, 2.05) is 0 Å². The largest absolute Gasteiger partial charge is 0.467 e. The fourth-order valence-corrected chi connectivity index (χ4v) is 2.94. The van der Waals surface area contributed by atoms with Crippen LogP contribution in [-0.2, 0) is 23.7 Å². The van der Waals surface area contributed by atoms with Crippen LogP contribution >= 0.6 is 0 Å². The summed E-state index contributed by atoms with van der Waals surface area (Å²) >= 11 is 0. The van der Waals surface area contributed by atoms with Gasteiger partial charge in [-0.1, -0.05) is 5.21 Å². The zero-order valence-corrected chi connectivity index (χ0v) is 17.1. The molecule has 1 fully saturated rings. The summed E-state index contributed by atoms with van der Waals surface area (Å²) in [6, 6.07) is -1.62. The summed E-state index contributed by atoms with van der Waals surface area (Å²) in [7, 11) is 3.47. The van der Waals surface area contributed by atoms with E-state index in [0.717, 1.165) is 18.9 Å². The van der Waals surface area contributed by atoms with E-state index in [1.165, 1.54) is 12.0 Å². The average molecular weight is 412 g/mol. The first-order chi connectivity index (χ1) is 13.5. The number of esters is 3. The minimum Gasteiger partial charge on any atom is -0.467 e. The number of hydrogen-bond donors (Lipinski definition) is 0. The number of aromatic nitrogens is 3. The highest BCUT2D eigenvalue weighted by molar-refractivity contribution is 6.00. The molecule has 0 saturated carbocycles. The first-order valence-electron chi connectivity index (χ1n) is 8.73. The quantitative estimate of drug-likeness (QED) is 0.509. The third-order valence-electron chi connectivity index (χ3n) is 4.18. The fraction of sp³-hybridized carbons (Fsp3) is 0.647. The van der Waals surface area contributed by atoms with Crippen molar-refractivity contribution < 1.29 is 38.1 Å². The third kappa shape index (κ3) is 4.63. The highest BCUT2D eigenvalue weighted by atomic mass is 16.6. The number of nitrogens with zero attached hydrogens (tertiary/aromatic N) is 4. The fourth-order valence-electron chi connectivity index (χ4n) is 2.94. The smallest absolute Gasteiger partial charge is 0.411 e. The Balaban J connectivity index is 2.42. The van der Waals surface area contributed by atoms with Gasteiger partial charge in [0.05, 0.1) is 27.4 Å². The second kappa shape index (κ2) is 8.45. The Morgan fingerprint density at radius 3 is 2.14 bits per heavy atom. The molecule has 1 amide bonds. The maximum absolute atomic E-state index is 12.6. The van der Waals surface area contributed by atoms with Gasteiger partial charge in [0, 0.05) is 13.0 Å². The Morgan fingerprint density at radius 2 is 1.62 bits per heavy atom. The van der Waals surface area contributed by atoms with Crippen LogP contribution in [0.1, 0.15) is 54.2 Å². The first kappa shape index (κ1) is 22.1. The second-order valence-corrected chi connectivity index (χ2v) is 7.28. The monoisotopic (exact) mass is 412 g/mol.